The van der Waals surface area contributed by atoms with E-state index in [1.54, 1.807) is 0 Å². The summed E-state index contributed by atoms with van der Waals surface area (Å²) in [6.45, 7) is 5.47. The van der Waals surface area contributed by atoms with E-state index in [9.17, 15) is 0 Å². The van der Waals surface area contributed by atoms with Crippen molar-refractivity contribution in [2.24, 2.45) is 0 Å². The van der Waals surface area contributed by atoms with Crippen LogP contribution < -0.4 is 0 Å². The molecule has 0 radical (unpaired) electrons. The van der Waals surface area contributed by atoms with E-state index in [1.165, 1.54) is 25.1 Å². The summed E-state index contributed by atoms with van der Waals surface area (Å²) in [5.74, 6) is 2.73. The third-order valence-electron chi connectivity index (χ3n) is 2.32. The summed E-state index contributed by atoms with van der Waals surface area (Å²) in [6, 6.07) is 0. The number of hydrogen-bond donors (Lipinski definition) is 1. The van der Waals surface area contributed by atoms with Crippen molar-refractivity contribution in [1.82, 2.24) is 9.55 Å². The predicted octanol–water partition coefficient (Wildman–Crippen LogP) is 3.11. The lowest BCUT2D eigenvalue weighted by molar-refractivity contribution is 0.566. The molecule has 1 aromatic rings. The van der Waals surface area contributed by atoms with Crippen LogP contribution in [0.25, 0.3) is 0 Å². The van der Waals surface area contributed by atoms with E-state index in [0.717, 1.165) is 12.3 Å². The quantitative estimate of drug-likeness (QED) is 0.566. The molecule has 0 aliphatic rings. The first-order valence-corrected chi connectivity index (χ1v) is 6.01. The summed E-state index contributed by atoms with van der Waals surface area (Å²) < 4.78 is 2.27. The topological polar surface area (TPSA) is 17.8 Å². The second-order valence-electron chi connectivity index (χ2n) is 3.92. The second-order valence-corrected chi connectivity index (χ2v) is 4.37. The number of nitrogens with zero attached hydrogens (tertiary/aromatic N) is 2. The molecule has 14 heavy (non-hydrogen) atoms. The molecule has 80 valence electrons. The van der Waals surface area contributed by atoms with Crippen molar-refractivity contribution in [1.29, 1.82) is 0 Å². The van der Waals surface area contributed by atoms with Crippen molar-refractivity contribution in [2.45, 2.75) is 45.6 Å². The van der Waals surface area contributed by atoms with E-state index >= 15 is 0 Å². The maximum atomic E-state index is 4.36. The molecule has 0 aromatic carbocycles. The SMILES string of the molecule is CC(C)c1nccn1CCCCCS. The Morgan fingerprint density at radius 1 is 1.36 bits per heavy atom. The highest BCUT2D eigenvalue weighted by Crippen LogP contribution is 2.12. The number of imidazole rings is 1. The van der Waals surface area contributed by atoms with Crippen molar-refractivity contribution < 1.29 is 0 Å². The van der Waals surface area contributed by atoms with Crippen LogP contribution in [-0.4, -0.2) is 15.3 Å². The monoisotopic (exact) mass is 212 g/mol. The van der Waals surface area contributed by atoms with E-state index in [1.807, 2.05) is 6.20 Å². The van der Waals surface area contributed by atoms with Crippen molar-refractivity contribution in [3.8, 4) is 0 Å². The minimum Gasteiger partial charge on any atom is -0.335 e. The Bertz CT molecular complexity index is 256. The van der Waals surface area contributed by atoms with Crippen LogP contribution in [0.2, 0.25) is 0 Å². The molecule has 0 N–H and O–H groups in total. The van der Waals surface area contributed by atoms with Crippen LogP contribution >= 0.6 is 12.6 Å². The predicted molar refractivity (Wildman–Crippen MR) is 64.0 cm³/mol. The number of thiol groups is 1. The minimum atomic E-state index is 0.523. The Hall–Kier alpha value is -0.440. The Morgan fingerprint density at radius 3 is 2.79 bits per heavy atom. The molecule has 1 heterocycles. The van der Waals surface area contributed by atoms with Crippen molar-refractivity contribution in [2.75, 3.05) is 5.75 Å². The maximum absolute atomic E-state index is 4.36. The van der Waals surface area contributed by atoms with E-state index < -0.39 is 0 Å². The molecule has 0 atom stereocenters. The lowest BCUT2D eigenvalue weighted by atomic mass is 10.2. The second kappa shape index (κ2) is 6.12. The molecule has 0 unspecified atom stereocenters. The highest BCUT2D eigenvalue weighted by Gasteiger charge is 2.05. The lowest BCUT2D eigenvalue weighted by Gasteiger charge is -2.09. The molecule has 0 bridgehead atoms. The van der Waals surface area contributed by atoms with Crippen LogP contribution in [0.3, 0.4) is 0 Å². The van der Waals surface area contributed by atoms with E-state index in [0.29, 0.717) is 5.92 Å². The van der Waals surface area contributed by atoms with Crippen molar-refractivity contribution >= 4 is 12.6 Å². The summed E-state index contributed by atoms with van der Waals surface area (Å²) in [5.41, 5.74) is 0. The van der Waals surface area contributed by atoms with Crippen molar-refractivity contribution in [3.63, 3.8) is 0 Å². The fourth-order valence-electron chi connectivity index (χ4n) is 1.58. The van der Waals surface area contributed by atoms with Gasteiger partial charge in [-0.3, -0.25) is 0 Å². The van der Waals surface area contributed by atoms with Crippen LogP contribution in [0, 0.1) is 0 Å². The van der Waals surface area contributed by atoms with Crippen LogP contribution in [0.1, 0.15) is 44.9 Å². The van der Waals surface area contributed by atoms with Crippen LogP contribution in [0.15, 0.2) is 12.4 Å². The first kappa shape index (κ1) is 11.6. The Balaban J connectivity index is 2.38. The number of aromatic nitrogens is 2. The molecule has 1 aromatic heterocycles. The van der Waals surface area contributed by atoms with Gasteiger partial charge in [0.2, 0.25) is 0 Å². The van der Waals surface area contributed by atoms with Gasteiger partial charge in [-0.25, -0.2) is 4.98 Å². The Kier molecular flexibility index (Phi) is 5.09. The summed E-state index contributed by atoms with van der Waals surface area (Å²) >= 11 is 4.20. The van der Waals surface area contributed by atoms with Gasteiger partial charge >= 0.3 is 0 Å². The number of aryl methyl sites for hydroxylation is 1. The average molecular weight is 212 g/mol. The molecule has 0 aliphatic heterocycles. The van der Waals surface area contributed by atoms with E-state index in [-0.39, 0.29) is 0 Å². The van der Waals surface area contributed by atoms with E-state index in [2.05, 4.69) is 42.2 Å². The van der Waals surface area contributed by atoms with Crippen LogP contribution in [0.5, 0.6) is 0 Å². The van der Waals surface area contributed by atoms with Gasteiger partial charge in [0.15, 0.2) is 0 Å². The minimum absolute atomic E-state index is 0.523. The standard InChI is InChI=1S/C11H20N2S/c1-10(2)11-12-6-8-13(11)7-4-3-5-9-14/h6,8,10,14H,3-5,7,9H2,1-2H3. The zero-order valence-corrected chi connectivity index (χ0v) is 10.0. The first-order valence-electron chi connectivity index (χ1n) is 5.37. The fourth-order valence-corrected chi connectivity index (χ4v) is 1.80. The van der Waals surface area contributed by atoms with Crippen LogP contribution in [-0.2, 0) is 6.54 Å². The molecule has 0 aliphatic carbocycles. The molecule has 1 rings (SSSR count). The van der Waals surface area contributed by atoms with Gasteiger partial charge in [-0.2, -0.15) is 12.6 Å². The molecule has 0 spiro atoms. The number of rotatable bonds is 6. The van der Waals surface area contributed by atoms with Gasteiger partial charge in [-0.1, -0.05) is 20.3 Å². The first-order chi connectivity index (χ1) is 6.75. The van der Waals surface area contributed by atoms with Gasteiger partial charge in [0.05, 0.1) is 0 Å². The normalized spacial score (nSPS) is 11.1. The zero-order chi connectivity index (χ0) is 10.4. The Labute approximate surface area is 92.1 Å². The third kappa shape index (κ3) is 3.37. The Morgan fingerprint density at radius 2 is 2.14 bits per heavy atom. The largest absolute Gasteiger partial charge is 0.335 e. The molecule has 0 amide bonds. The van der Waals surface area contributed by atoms with Gasteiger partial charge < -0.3 is 4.57 Å². The van der Waals surface area contributed by atoms with Crippen molar-refractivity contribution in [3.05, 3.63) is 18.2 Å². The maximum Gasteiger partial charge on any atom is 0.111 e. The fraction of sp³-hybridized carbons (Fsp3) is 0.727. The van der Waals surface area contributed by atoms with E-state index in [4.69, 9.17) is 0 Å². The molecular weight excluding hydrogens is 192 g/mol. The summed E-state index contributed by atoms with van der Waals surface area (Å²) in [6.07, 6.45) is 7.69. The molecule has 0 fully saturated rings. The lowest BCUT2D eigenvalue weighted by Crippen LogP contribution is -2.04. The zero-order valence-electron chi connectivity index (χ0n) is 9.11. The van der Waals surface area contributed by atoms with Gasteiger partial charge in [0, 0.05) is 24.9 Å². The van der Waals surface area contributed by atoms with Gasteiger partial charge in [-0.15, -0.1) is 0 Å². The number of unbranched alkanes of at least 4 members (excludes halogenated alkanes) is 2. The molecular formula is C11H20N2S. The summed E-state index contributed by atoms with van der Waals surface area (Å²) in [5, 5.41) is 0. The summed E-state index contributed by atoms with van der Waals surface area (Å²) in [7, 11) is 0. The van der Waals surface area contributed by atoms with Crippen LogP contribution in [0.4, 0.5) is 0 Å². The average Bonchev–Trinajstić information content (AvgIpc) is 2.60. The summed E-state index contributed by atoms with van der Waals surface area (Å²) in [4.78, 5) is 4.36. The highest BCUT2D eigenvalue weighted by atomic mass is 32.1. The number of hydrogen-bond acceptors (Lipinski definition) is 2. The third-order valence-corrected chi connectivity index (χ3v) is 2.64. The molecule has 0 saturated heterocycles. The highest BCUT2D eigenvalue weighted by molar-refractivity contribution is 7.80. The molecule has 3 heteroatoms. The van der Waals surface area contributed by atoms with Gasteiger partial charge in [0.25, 0.3) is 0 Å². The van der Waals surface area contributed by atoms with Gasteiger partial charge in [-0.05, 0) is 18.6 Å². The molecule has 2 nitrogen and oxygen atoms in total. The molecule has 0 saturated carbocycles. The smallest absolute Gasteiger partial charge is 0.111 e. The van der Waals surface area contributed by atoms with Gasteiger partial charge in [0.1, 0.15) is 5.82 Å².